The Kier molecular flexibility index (Phi) is 11.7. The molecule has 0 heterocycles. The highest BCUT2D eigenvalue weighted by molar-refractivity contribution is 7.88. The maximum Gasteiger partial charge on any atom is 0.247 e. The molecule has 1 N–H and O–H groups in total. The largest absolute Gasteiger partial charge is 0.497 e. The third-order valence-electron chi connectivity index (χ3n) is 6.57. The fraction of sp³-hybridized carbons (Fsp3) is 0.355. The van der Waals surface area contributed by atoms with Gasteiger partial charge in [0.05, 0.1) is 19.9 Å². The summed E-state index contributed by atoms with van der Waals surface area (Å²) < 4.78 is 31.9. The summed E-state index contributed by atoms with van der Waals surface area (Å²) in [5.74, 6) is -0.117. The zero-order valence-electron chi connectivity index (χ0n) is 23.5. The molecule has 0 saturated carbocycles. The Morgan fingerprint density at radius 2 is 1.45 bits per heavy atom. The van der Waals surface area contributed by atoms with Gasteiger partial charge in [-0.05, 0) is 35.2 Å². The number of amides is 2. The van der Waals surface area contributed by atoms with Crippen molar-refractivity contribution in [1.82, 2.24) is 14.5 Å². The van der Waals surface area contributed by atoms with Crippen LogP contribution in [0.2, 0.25) is 0 Å². The molecule has 0 aliphatic rings. The van der Waals surface area contributed by atoms with Gasteiger partial charge in [-0.15, -0.1) is 0 Å². The van der Waals surface area contributed by atoms with E-state index in [9.17, 15) is 18.0 Å². The summed E-state index contributed by atoms with van der Waals surface area (Å²) in [4.78, 5) is 29.2. The van der Waals surface area contributed by atoms with Gasteiger partial charge in [-0.25, -0.2) is 8.42 Å². The quantitative estimate of drug-likeness (QED) is 0.273. The van der Waals surface area contributed by atoms with Crippen molar-refractivity contribution in [2.24, 2.45) is 0 Å². The molecule has 0 saturated heterocycles. The van der Waals surface area contributed by atoms with Crippen LogP contribution < -0.4 is 10.1 Å². The molecular formula is C31H39N3O5S. The lowest BCUT2D eigenvalue weighted by atomic mass is 10.0. The smallest absolute Gasteiger partial charge is 0.247 e. The number of nitrogens with zero attached hydrogens (tertiary/aromatic N) is 2. The van der Waals surface area contributed by atoms with Gasteiger partial charge in [0, 0.05) is 19.6 Å². The normalized spacial score (nSPS) is 12.1. The maximum atomic E-state index is 14.0. The third-order valence-corrected chi connectivity index (χ3v) is 7.77. The summed E-state index contributed by atoms with van der Waals surface area (Å²) in [6, 6.07) is 24.5. The molecule has 3 rings (SSSR count). The Morgan fingerprint density at radius 1 is 0.850 bits per heavy atom. The van der Waals surface area contributed by atoms with E-state index in [2.05, 4.69) is 12.2 Å². The minimum Gasteiger partial charge on any atom is -0.497 e. The Balaban J connectivity index is 1.99. The van der Waals surface area contributed by atoms with Gasteiger partial charge in [-0.3, -0.25) is 9.59 Å². The Morgan fingerprint density at radius 3 is 2.02 bits per heavy atom. The standard InChI is InChI=1S/C31H39N3O5S/c1-4-5-12-21-32-31(36)30(27-15-10-7-11-16-27)34(23-26-17-19-28(39-2)20-18-26)29(35)24-33(40(3,37)38)22-25-13-8-6-9-14-25/h6-11,13-20,30H,4-5,12,21-24H2,1-3H3,(H,32,36). The summed E-state index contributed by atoms with van der Waals surface area (Å²) in [5, 5.41) is 2.99. The fourth-order valence-corrected chi connectivity index (χ4v) is 5.09. The van der Waals surface area contributed by atoms with E-state index >= 15 is 0 Å². The fourth-order valence-electron chi connectivity index (χ4n) is 4.36. The van der Waals surface area contributed by atoms with E-state index in [1.807, 2.05) is 72.8 Å². The summed E-state index contributed by atoms with van der Waals surface area (Å²) in [6.45, 7) is 2.32. The summed E-state index contributed by atoms with van der Waals surface area (Å²) >= 11 is 0. The lowest BCUT2D eigenvalue weighted by Crippen LogP contribution is -2.47. The zero-order chi connectivity index (χ0) is 29.0. The second-order valence-corrected chi connectivity index (χ2v) is 11.7. The summed E-state index contributed by atoms with van der Waals surface area (Å²) in [7, 11) is -2.16. The molecule has 9 heteroatoms. The van der Waals surface area contributed by atoms with Crippen molar-refractivity contribution in [2.45, 2.75) is 45.3 Å². The molecule has 1 unspecified atom stereocenters. The van der Waals surface area contributed by atoms with Gasteiger partial charge in [-0.2, -0.15) is 4.31 Å². The lowest BCUT2D eigenvalue weighted by Gasteiger charge is -2.33. The van der Waals surface area contributed by atoms with E-state index in [0.29, 0.717) is 17.9 Å². The molecule has 0 aliphatic heterocycles. The second kappa shape index (κ2) is 15.2. The number of unbranched alkanes of at least 4 members (excludes halogenated alkanes) is 2. The predicted octanol–water partition coefficient (Wildman–Crippen LogP) is 4.53. The highest BCUT2D eigenvalue weighted by Crippen LogP contribution is 2.25. The topological polar surface area (TPSA) is 96.0 Å². The maximum absolute atomic E-state index is 14.0. The van der Waals surface area contributed by atoms with Crippen molar-refractivity contribution < 1.29 is 22.7 Å². The van der Waals surface area contributed by atoms with Gasteiger partial charge < -0.3 is 15.0 Å². The predicted molar refractivity (Wildman–Crippen MR) is 157 cm³/mol. The van der Waals surface area contributed by atoms with Crippen molar-refractivity contribution in [3.63, 3.8) is 0 Å². The average Bonchev–Trinajstić information content (AvgIpc) is 2.95. The first-order valence-corrected chi connectivity index (χ1v) is 15.3. The Hall–Kier alpha value is -3.69. The van der Waals surface area contributed by atoms with Gasteiger partial charge in [0.2, 0.25) is 21.8 Å². The van der Waals surface area contributed by atoms with Crippen LogP contribution in [0, 0.1) is 0 Å². The number of sulfonamides is 1. The zero-order valence-corrected chi connectivity index (χ0v) is 24.3. The van der Waals surface area contributed by atoms with Crippen LogP contribution in [0.3, 0.4) is 0 Å². The number of methoxy groups -OCH3 is 1. The third kappa shape index (κ3) is 9.20. The van der Waals surface area contributed by atoms with Crippen LogP contribution in [0.15, 0.2) is 84.9 Å². The highest BCUT2D eigenvalue weighted by Gasteiger charge is 2.33. The van der Waals surface area contributed by atoms with Crippen molar-refractivity contribution in [2.75, 3.05) is 26.5 Å². The van der Waals surface area contributed by atoms with Crippen molar-refractivity contribution in [3.8, 4) is 5.75 Å². The molecule has 214 valence electrons. The van der Waals surface area contributed by atoms with E-state index < -0.39 is 28.5 Å². The van der Waals surface area contributed by atoms with E-state index in [1.54, 1.807) is 19.2 Å². The molecule has 0 aliphatic carbocycles. The summed E-state index contributed by atoms with van der Waals surface area (Å²) in [6.07, 6.45) is 3.91. The molecule has 0 radical (unpaired) electrons. The van der Waals surface area contributed by atoms with E-state index in [4.69, 9.17) is 4.74 Å². The van der Waals surface area contributed by atoms with Crippen LogP contribution in [-0.2, 0) is 32.7 Å². The number of hydrogen-bond donors (Lipinski definition) is 1. The van der Waals surface area contributed by atoms with Gasteiger partial charge in [0.1, 0.15) is 11.8 Å². The first kappa shape index (κ1) is 30.8. The first-order valence-electron chi connectivity index (χ1n) is 13.5. The van der Waals surface area contributed by atoms with Crippen LogP contribution in [0.1, 0.15) is 48.9 Å². The summed E-state index contributed by atoms with van der Waals surface area (Å²) in [5.41, 5.74) is 2.19. The van der Waals surface area contributed by atoms with Crippen LogP contribution in [0.5, 0.6) is 5.75 Å². The molecule has 3 aromatic rings. The molecule has 2 amide bonds. The molecule has 0 aromatic heterocycles. The number of hydrogen-bond acceptors (Lipinski definition) is 5. The van der Waals surface area contributed by atoms with Crippen LogP contribution >= 0.6 is 0 Å². The molecular weight excluding hydrogens is 526 g/mol. The first-order chi connectivity index (χ1) is 19.2. The number of rotatable bonds is 15. The number of carbonyl (C=O) groups excluding carboxylic acids is 2. The van der Waals surface area contributed by atoms with Gasteiger partial charge in [-0.1, -0.05) is 92.6 Å². The second-order valence-electron chi connectivity index (χ2n) is 9.70. The van der Waals surface area contributed by atoms with Gasteiger partial charge >= 0.3 is 0 Å². The van der Waals surface area contributed by atoms with Crippen molar-refractivity contribution >= 4 is 21.8 Å². The lowest BCUT2D eigenvalue weighted by molar-refractivity contribution is -0.141. The molecule has 8 nitrogen and oxygen atoms in total. The molecule has 3 aromatic carbocycles. The van der Waals surface area contributed by atoms with Crippen molar-refractivity contribution in [3.05, 3.63) is 102 Å². The van der Waals surface area contributed by atoms with Crippen molar-refractivity contribution in [1.29, 1.82) is 0 Å². The van der Waals surface area contributed by atoms with Gasteiger partial charge in [0.25, 0.3) is 0 Å². The Labute approximate surface area is 238 Å². The van der Waals surface area contributed by atoms with E-state index in [1.165, 1.54) is 4.90 Å². The number of ether oxygens (including phenoxy) is 1. The minimum atomic E-state index is -3.74. The number of benzene rings is 3. The molecule has 0 spiro atoms. The number of nitrogens with one attached hydrogen (secondary N) is 1. The Bertz CT molecular complexity index is 1320. The van der Waals surface area contributed by atoms with Crippen LogP contribution in [-0.4, -0.2) is 55.9 Å². The van der Waals surface area contributed by atoms with E-state index in [-0.39, 0.29) is 19.0 Å². The number of carbonyl (C=O) groups is 2. The van der Waals surface area contributed by atoms with Crippen LogP contribution in [0.25, 0.3) is 0 Å². The SMILES string of the molecule is CCCCCNC(=O)C(c1ccccc1)N(Cc1ccc(OC)cc1)C(=O)CN(Cc1ccccc1)S(C)(=O)=O. The molecule has 0 bridgehead atoms. The minimum absolute atomic E-state index is 0.0427. The van der Waals surface area contributed by atoms with Crippen LogP contribution in [0.4, 0.5) is 0 Å². The highest BCUT2D eigenvalue weighted by atomic mass is 32.2. The average molecular weight is 566 g/mol. The van der Waals surface area contributed by atoms with E-state index in [0.717, 1.165) is 41.0 Å². The molecule has 1 atom stereocenters. The molecule has 0 fully saturated rings. The molecule has 40 heavy (non-hydrogen) atoms. The van der Waals surface area contributed by atoms with Gasteiger partial charge in [0.15, 0.2) is 0 Å². The monoisotopic (exact) mass is 565 g/mol.